The molecule has 0 N–H and O–H groups in total. The highest BCUT2D eigenvalue weighted by atomic mass is 127. The fourth-order valence-corrected chi connectivity index (χ4v) is 1.30. The molecule has 0 aliphatic heterocycles. The SMILES string of the molecule is In1nc2ccccc2n1. The zero-order chi connectivity index (χ0) is 6.97. The molecular weight excluding hydrogens is 241 g/mol. The zero-order valence-electron chi connectivity index (χ0n) is 5.03. The molecule has 0 saturated carbocycles. The molecule has 0 bridgehead atoms. The molecule has 3 nitrogen and oxygen atoms in total. The Hall–Kier alpha value is -0.650. The van der Waals surface area contributed by atoms with Gasteiger partial charge in [-0.3, -0.25) is 0 Å². The van der Waals surface area contributed by atoms with Gasteiger partial charge in [0.05, 0.1) is 0 Å². The molecule has 2 rings (SSSR count). The van der Waals surface area contributed by atoms with E-state index in [0.717, 1.165) is 11.0 Å². The maximum Gasteiger partial charge on any atom is 0.114 e. The number of aromatic nitrogens is 3. The monoisotopic (exact) mass is 245 g/mol. The van der Waals surface area contributed by atoms with Crippen molar-refractivity contribution in [3.63, 3.8) is 0 Å². The standard InChI is InChI=1S/C6H4IN3/c7-10-8-5-3-1-2-4-6(5)9-10/h1-4H. The average Bonchev–Trinajstić information content (AvgIpc) is 2.27. The molecule has 1 heterocycles. The van der Waals surface area contributed by atoms with Crippen LogP contribution in [0.4, 0.5) is 0 Å². The first-order valence-corrected chi connectivity index (χ1v) is 3.81. The first kappa shape index (κ1) is 6.09. The van der Waals surface area contributed by atoms with Crippen molar-refractivity contribution < 1.29 is 0 Å². The highest BCUT2D eigenvalue weighted by Crippen LogP contribution is 2.07. The third-order valence-electron chi connectivity index (χ3n) is 1.26. The van der Waals surface area contributed by atoms with E-state index in [2.05, 4.69) is 10.2 Å². The predicted octanol–water partition coefficient (Wildman–Crippen LogP) is 1.63. The van der Waals surface area contributed by atoms with E-state index in [1.165, 1.54) is 0 Å². The summed E-state index contributed by atoms with van der Waals surface area (Å²) in [5.74, 6) is 0. The van der Waals surface area contributed by atoms with Crippen LogP contribution in [0.15, 0.2) is 24.3 Å². The van der Waals surface area contributed by atoms with E-state index in [1.54, 1.807) is 3.01 Å². The predicted molar refractivity (Wildman–Crippen MR) is 46.9 cm³/mol. The number of hydrogen-bond donors (Lipinski definition) is 0. The maximum absolute atomic E-state index is 4.11. The summed E-state index contributed by atoms with van der Waals surface area (Å²) in [4.78, 5) is 0. The Kier molecular flexibility index (Phi) is 1.33. The Bertz CT molecular complexity index is 322. The molecule has 2 aromatic rings. The third-order valence-corrected chi connectivity index (χ3v) is 1.69. The van der Waals surface area contributed by atoms with Gasteiger partial charge in [-0.1, -0.05) is 12.1 Å². The van der Waals surface area contributed by atoms with Crippen molar-refractivity contribution in [1.29, 1.82) is 0 Å². The van der Waals surface area contributed by atoms with Crippen LogP contribution in [0.25, 0.3) is 11.0 Å². The van der Waals surface area contributed by atoms with Gasteiger partial charge in [0.2, 0.25) is 0 Å². The number of halogens is 1. The minimum Gasteiger partial charge on any atom is -0.143 e. The van der Waals surface area contributed by atoms with Gasteiger partial charge in [0.25, 0.3) is 0 Å². The highest BCUT2D eigenvalue weighted by Gasteiger charge is 1.95. The number of fused-ring (bicyclic) bond motifs is 1. The van der Waals surface area contributed by atoms with Crippen molar-refractivity contribution >= 4 is 33.9 Å². The van der Waals surface area contributed by atoms with Gasteiger partial charge in [-0.15, -0.1) is 13.2 Å². The van der Waals surface area contributed by atoms with Crippen LogP contribution in [0.1, 0.15) is 0 Å². The molecule has 0 aliphatic rings. The summed E-state index contributed by atoms with van der Waals surface area (Å²) < 4.78 is 1.54. The molecule has 10 heavy (non-hydrogen) atoms. The molecule has 0 radical (unpaired) electrons. The minimum atomic E-state index is 0.942. The van der Waals surface area contributed by atoms with Crippen molar-refractivity contribution in [3.05, 3.63) is 24.3 Å². The van der Waals surface area contributed by atoms with Crippen molar-refractivity contribution in [1.82, 2.24) is 13.2 Å². The maximum atomic E-state index is 4.11. The summed E-state index contributed by atoms with van der Waals surface area (Å²) in [5.41, 5.74) is 1.88. The number of benzene rings is 1. The van der Waals surface area contributed by atoms with E-state index in [1.807, 2.05) is 47.1 Å². The van der Waals surface area contributed by atoms with Gasteiger partial charge in [0, 0.05) is 0 Å². The van der Waals surface area contributed by atoms with Gasteiger partial charge in [-0.25, -0.2) is 0 Å². The molecular formula is C6H4IN3. The van der Waals surface area contributed by atoms with Gasteiger partial charge in [-0.2, -0.15) is 0 Å². The van der Waals surface area contributed by atoms with Crippen molar-refractivity contribution in [2.75, 3.05) is 0 Å². The molecule has 0 atom stereocenters. The van der Waals surface area contributed by atoms with E-state index < -0.39 is 0 Å². The normalized spacial score (nSPS) is 10.5. The summed E-state index contributed by atoms with van der Waals surface area (Å²) in [5, 5.41) is 8.21. The molecule has 0 amide bonds. The van der Waals surface area contributed by atoms with E-state index in [-0.39, 0.29) is 0 Å². The minimum absolute atomic E-state index is 0.942. The molecule has 1 aromatic carbocycles. The van der Waals surface area contributed by atoms with Crippen molar-refractivity contribution in [3.8, 4) is 0 Å². The van der Waals surface area contributed by atoms with Crippen LogP contribution in [0, 0.1) is 0 Å². The van der Waals surface area contributed by atoms with Gasteiger partial charge >= 0.3 is 0 Å². The molecule has 1 aromatic heterocycles. The molecule has 0 aliphatic carbocycles. The Morgan fingerprint density at radius 1 is 1.10 bits per heavy atom. The Morgan fingerprint density at radius 3 is 2.10 bits per heavy atom. The molecule has 50 valence electrons. The Balaban J connectivity index is 2.88. The van der Waals surface area contributed by atoms with Gasteiger partial charge in [-0.05, 0) is 12.1 Å². The van der Waals surface area contributed by atoms with Crippen LogP contribution in [0.3, 0.4) is 0 Å². The molecule has 0 unspecified atom stereocenters. The van der Waals surface area contributed by atoms with Crippen molar-refractivity contribution in [2.45, 2.75) is 0 Å². The van der Waals surface area contributed by atoms with Gasteiger partial charge < -0.3 is 0 Å². The number of rotatable bonds is 0. The summed E-state index contributed by atoms with van der Waals surface area (Å²) in [6.45, 7) is 0. The second-order valence-corrected chi connectivity index (χ2v) is 2.79. The van der Waals surface area contributed by atoms with E-state index in [0.29, 0.717) is 0 Å². The van der Waals surface area contributed by atoms with Crippen LogP contribution in [-0.2, 0) is 0 Å². The lowest BCUT2D eigenvalue weighted by Crippen LogP contribution is -1.80. The lowest BCUT2D eigenvalue weighted by atomic mass is 10.3. The van der Waals surface area contributed by atoms with Crippen molar-refractivity contribution in [2.24, 2.45) is 0 Å². The van der Waals surface area contributed by atoms with E-state index >= 15 is 0 Å². The van der Waals surface area contributed by atoms with E-state index in [4.69, 9.17) is 0 Å². The smallest absolute Gasteiger partial charge is 0.114 e. The fourth-order valence-electron chi connectivity index (χ4n) is 0.833. The van der Waals surface area contributed by atoms with Crippen LogP contribution in [0.2, 0.25) is 0 Å². The first-order chi connectivity index (χ1) is 4.86. The molecule has 0 spiro atoms. The van der Waals surface area contributed by atoms with Gasteiger partial charge in [0.1, 0.15) is 33.9 Å². The lowest BCUT2D eigenvalue weighted by molar-refractivity contribution is 0.924. The highest BCUT2D eigenvalue weighted by molar-refractivity contribution is 14.1. The average molecular weight is 245 g/mol. The number of hydrogen-bond acceptors (Lipinski definition) is 2. The largest absolute Gasteiger partial charge is 0.143 e. The van der Waals surface area contributed by atoms with E-state index in [9.17, 15) is 0 Å². The third kappa shape index (κ3) is 0.880. The zero-order valence-corrected chi connectivity index (χ0v) is 7.19. The quantitative estimate of drug-likeness (QED) is 0.660. The second kappa shape index (κ2) is 2.19. The Morgan fingerprint density at radius 2 is 1.60 bits per heavy atom. The van der Waals surface area contributed by atoms with Crippen LogP contribution >= 0.6 is 22.9 Å². The molecule has 4 heteroatoms. The summed E-state index contributed by atoms with van der Waals surface area (Å²) in [7, 11) is 0. The van der Waals surface area contributed by atoms with Gasteiger partial charge in [0.15, 0.2) is 0 Å². The van der Waals surface area contributed by atoms with Crippen LogP contribution in [0.5, 0.6) is 0 Å². The first-order valence-electron chi connectivity index (χ1n) is 2.84. The Labute approximate surface area is 71.5 Å². The summed E-state index contributed by atoms with van der Waals surface area (Å²) in [6.07, 6.45) is 0. The molecule has 0 saturated heterocycles. The molecule has 0 fully saturated rings. The number of nitrogens with zero attached hydrogens (tertiary/aromatic N) is 3. The summed E-state index contributed by atoms with van der Waals surface area (Å²) in [6, 6.07) is 7.79. The fraction of sp³-hybridized carbons (Fsp3) is 0. The van der Waals surface area contributed by atoms with Crippen LogP contribution in [-0.4, -0.2) is 13.2 Å². The summed E-state index contributed by atoms with van der Waals surface area (Å²) >= 11 is 2.03. The lowest BCUT2D eigenvalue weighted by Gasteiger charge is -1.77. The second-order valence-electron chi connectivity index (χ2n) is 1.93. The topological polar surface area (TPSA) is 30.7 Å². The van der Waals surface area contributed by atoms with Crippen LogP contribution < -0.4 is 0 Å².